The molecule has 5 heteroatoms. The van der Waals surface area contributed by atoms with Gasteiger partial charge in [-0.2, -0.15) is 0 Å². The van der Waals surface area contributed by atoms with Gasteiger partial charge in [0.15, 0.2) is 0 Å². The summed E-state index contributed by atoms with van der Waals surface area (Å²) in [6, 6.07) is 0. The van der Waals surface area contributed by atoms with Crippen LogP contribution in [0.25, 0.3) is 0 Å². The van der Waals surface area contributed by atoms with Crippen LogP contribution in [-0.2, 0) is 0 Å². The number of methoxy groups -OCH3 is 1. The van der Waals surface area contributed by atoms with E-state index in [0.29, 0.717) is 0 Å². The minimum Gasteiger partial charge on any atom is -0.451 e. The summed E-state index contributed by atoms with van der Waals surface area (Å²) >= 11 is 0. The minimum absolute atomic E-state index is 0.0833. The Balaban J connectivity index is 2.76. The van der Waals surface area contributed by atoms with Crippen molar-refractivity contribution in [1.82, 2.24) is 15.6 Å². The van der Waals surface area contributed by atoms with E-state index < -0.39 is 0 Å². The number of hydrogen-bond acceptors (Lipinski definition) is 5. The average molecular weight is 101 g/mol. The summed E-state index contributed by atoms with van der Waals surface area (Å²) in [6.45, 7) is 0. The van der Waals surface area contributed by atoms with Crippen LogP contribution in [0.1, 0.15) is 0 Å². The molecule has 1 rings (SSSR count). The maximum atomic E-state index is 4.45. The van der Waals surface area contributed by atoms with Gasteiger partial charge in [-0.3, -0.25) is 4.52 Å². The van der Waals surface area contributed by atoms with Crippen LogP contribution in [-0.4, -0.2) is 22.7 Å². The van der Waals surface area contributed by atoms with Crippen LogP contribution in [0.2, 0.25) is 0 Å². The van der Waals surface area contributed by atoms with Crippen molar-refractivity contribution in [2.45, 2.75) is 0 Å². The van der Waals surface area contributed by atoms with Gasteiger partial charge in [0.2, 0.25) is 0 Å². The van der Waals surface area contributed by atoms with Crippen molar-refractivity contribution in [3.8, 4) is 6.08 Å². The number of nitrogens with zero attached hydrogens (tertiary/aromatic N) is 3. The van der Waals surface area contributed by atoms with E-state index in [9.17, 15) is 0 Å². The molecule has 0 spiro atoms. The summed E-state index contributed by atoms with van der Waals surface area (Å²) in [7, 11) is 1.43. The fraction of sp³-hybridized carbons (Fsp3) is 0.500. The largest absolute Gasteiger partial charge is 0.451 e. The lowest BCUT2D eigenvalue weighted by molar-refractivity contribution is 0.247. The van der Waals surface area contributed by atoms with Crippen molar-refractivity contribution in [3.63, 3.8) is 0 Å². The van der Waals surface area contributed by atoms with Crippen LogP contribution < -0.4 is 4.74 Å². The standard InChI is InChI=1S/C2H3N3O2/c1-6-2-3-4-5-7-2/h1H3. The highest BCUT2D eigenvalue weighted by Crippen LogP contribution is 1.94. The second-order valence-corrected chi connectivity index (χ2v) is 0.832. The van der Waals surface area contributed by atoms with Gasteiger partial charge in [-0.05, 0) is 10.3 Å². The second-order valence-electron chi connectivity index (χ2n) is 0.832. The molecule has 0 N–H and O–H groups in total. The zero-order valence-corrected chi connectivity index (χ0v) is 3.66. The number of aromatic nitrogens is 3. The Morgan fingerprint density at radius 1 is 1.71 bits per heavy atom. The third-order valence-electron chi connectivity index (χ3n) is 0.456. The topological polar surface area (TPSA) is 61.0 Å². The highest BCUT2D eigenvalue weighted by Gasteiger charge is 1.91. The molecule has 1 aromatic heterocycles. The van der Waals surface area contributed by atoms with Gasteiger partial charge in [-0.25, -0.2) is 0 Å². The molecule has 7 heavy (non-hydrogen) atoms. The summed E-state index contributed by atoms with van der Waals surface area (Å²) in [4.78, 5) is 0. The van der Waals surface area contributed by atoms with Crippen molar-refractivity contribution >= 4 is 0 Å². The molecule has 0 amide bonds. The highest BCUT2D eigenvalue weighted by atomic mass is 16.6. The molecular formula is C2H3N3O2. The predicted molar refractivity (Wildman–Crippen MR) is 18.6 cm³/mol. The molecule has 0 aromatic carbocycles. The van der Waals surface area contributed by atoms with Crippen molar-refractivity contribution in [2.75, 3.05) is 7.11 Å². The SMILES string of the molecule is COc1nnno1. The monoisotopic (exact) mass is 101 g/mol. The molecule has 38 valence electrons. The fourth-order valence-electron chi connectivity index (χ4n) is 0.204. The molecule has 0 radical (unpaired) electrons. The number of ether oxygens (including phenoxy) is 1. The smallest absolute Gasteiger partial charge is 0.437 e. The van der Waals surface area contributed by atoms with E-state index in [1.165, 1.54) is 7.11 Å². The molecule has 0 bridgehead atoms. The van der Waals surface area contributed by atoms with Crippen LogP contribution in [0.3, 0.4) is 0 Å². The van der Waals surface area contributed by atoms with Crippen LogP contribution in [0.5, 0.6) is 6.08 Å². The van der Waals surface area contributed by atoms with E-state index in [1.807, 2.05) is 0 Å². The van der Waals surface area contributed by atoms with Gasteiger partial charge in [0.1, 0.15) is 0 Å². The fourth-order valence-corrected chi connectivity index (χ4v) is 0.204. The van der Waals surface area contributed by atoms with Gasteiger partial charge in [0, 0.05) is 0 Å². The van der Waals surface area contributed by atoms with Crippen LogP contribution in [0, 0.1) is 0 Å². The Bertz CT molecular complexity index is 125. The van der Waals surface area contributed by atoms with Crippen LogP contribution >= 0.6 is 0 Å². The third-order valence-corrected chi connectivity index (χ3v) is 0.456. The Kier molecular flexibility index (Phi) is 0.892. The molecule has 0 fully saturated rings. The molecule has 0 saturated carbocycles. The zero-order valence-electron chi connectivity index (χ0n) is 3.66. The van der Waals surface area contributed by atoms with E-state index in [4.69, 9.17) is 0 Å². The number of rotatable bonds is 1. The Morgan fingerprint density at radius 2 is 2.57 bits per heavy atom. The van der Waals surface area contributed by atoms with E-state index in [1.54, 1.807) is 0 Å². The lowest BCUT2D eigenvalue weighted by Gasteiger charge is -1.79. The highest BCUT2D eigenvalue weighted by molar-refractivity contribution is 4.71. The molecular weight excluding hydrogens is 98.0 g/mol. The molecule has 5 nitrogen and oxygen atoms in total. The Hall–Kier alpha value is -1.13. The number of hydrogen-bond donors (Lipinski definition) is 0. The summed E-state index contributed by atoms with van der Waals surface area (Å²) in [6.07, 6.45) is 0.0833. The molecule has 1 heterocycles. The van der Waals surface area contributed by atoms with Crippen molar-refractivity contribution in [1.29, 1.82) is 0 Å². The molecule has 0 aliphatic rings. The van der Waals surface area contributed by atoms with E-state index in [0.717, 1.165) is 0 Å². The van der Waals surface area contributed by atoms with E-state index in [2.05, 4.69) is 24.8 Å². The summed E-state index contributed by atoms with van der Waals surface area (Å²) < 4.78 is 8.74. The Morgan fingerprint density at radius 3 is 2.86 bits per heavy atom. The first-order valence-electron chi connectivity index (χ1n) is 1.62. The van der Waals surface area contributed by atoms with Gasteiger partial charge in [-0.15, -0.1) is 0 Å². The summed E-state index contributed by atoms with van der Waals surface area (Å²) in [5, 5.41) is 9.42. The van der Waals surface area contributed by atoms with Gasteiger partial charge in [0.05, 0.1) is 12.4 Å². The second kappa shape index (κ2) is 1.55. The van der Waals surface area contributed by atoms with Gasteiger partial charge in [0.25, 0.3) is 0 Å². The molecule has 0 saturated heterocycles. The normalized spacial score (nSPS) is 8.71. The molecule has 1 aromatic rings. The first-order chi connectivity index (χ1) is 3.43. The Labute approximate surface area is 39.3 Å². The minimum atomic E-state index is 0.0833. The van der Waals surface area contributed by atoms with Gasteiger partial charge < -0.3 is 4.74 Å². The molecule has 0 aliphatic carbocycles. The van der Waals surface area contributed by atoms with E-state index >= 15 is 0 Å². The maximum Gasteiger partial charge on any atom is 0.437 e. The molecule has 0 unspecified atom stereocenters. The summed E-state index contributed by atoms with van der Waals surface area (Å²) in [5.41, 5.74) is 0. The van der Waals surface area contributed by atoms with Crippen molar-refractivity contribution in [2.24, 2.45) is 0 Å². The van der Waals surface area contributed by atoms with Gasteiger partial charge in [-0.1, -0.05) is 0 Å². The first-order valence-corrected chi connectivity index (χ1v) is 1.62. The quantitative estimate of drug-likeness (QED) is 0.476. The van der Waals surface area contributed by atoms with Crippen molar-refractivity contribution < 1.29 is 9.26 Å². The summed E-state index contributed by atoms with van der Waals surface area (Å²) in [5.74, 6) is 0. The van der Waals surface area contributed by atoms with Crippen LogP contribution in [0.15, 0.2) is 4.52 Å². The maximum absolute atomic E-state index is 4.45. The lowest BCUT2D eigenvalue weighted by atomic mass is 11.3. The van der Waals surface area contributed by atoms with Crippen LogP contribution in [0.4, 0.5) is 0 Å². The zero-order chi connectivity index (χ0) is 5.11. The molecule has 0 atom stereocenters. The van der Waals surface area contributed by atoms with Gasteiger partial charge >= 0.3 is 6.08 Å². The predicted octanol–water partition coefficient (Wildman–Crippen LogP) is -0.527. The van der Waals surface area contributed by atoms with E-state index in [-0.39, 0.29) is 6.08 Å². The average Bonchev–Trinajstić information content (AvgIpc) is 2.14. The first kappa shape index (κ1) is 4.04. The molecule has 0 aliphatic heterocycles. The lowest BCUT2D eigenvalue weighted by Crippen LogP contribution is -1.79. The third kappa shape index (κ3) is 0.648. The van der Waals surface area contributed by atoms with Crippen molar-refractivity contribution in [3.05, 3.63) is 0 Å².